The van der Waals surface area contributed by atoms with Gasteiger partial charge in [0.1, 0.15) is 12.1 Å². The van der Waals surface area contributed by atoms with Crippen LogP contribution < -0.4 is 17.2 Å². The van der Waals surface area contributed by atoms with Gasteiger partial charge in [0.05, 0.1) is 6.54 Å². The van der Waals surface area contributed by atoms with E-state index in [4.69, 9.17) is 26.8 Å². The molecule has 0 aliphatic rings. The Labute approximate surface area is 117 Å². The second-order valence-corrected chi connectivity index (χ2v) is 3.97. The van der Waals surface area contributed by atoms with E-state index in [1.54, 1.807) is 0 Å². The van der Waals surface area contributed by atoms with E-state index in [2.05, 4.69) is 5.73 Å². The van der Waals surface area contributed by atoms with Gasteiger partial charge in [0.2, 0.25) is 0 Å². The van der Waals surface area contributed by atoms with Gasteiger partial charge in [-0.25, -0.2) is 0 Å². The van der Waals surface area contributed by atoms with Crippen LogP contribution in [-0.4, -0.2) is 51.9 Å². The molecule has 9 nitrogen and oxygen atoms in total. The van der Waals surface area contributed by atoms with Crippen molar-refractivity contribution in [2.24, 2.45) is 23.1 Å². The van der Waals surface area contributed by atoms with Crippen LogP contribution in [0.2, 0.25) is 0 Å². The molecule has 0 aromatic carbocycles. The molecule has 0 aliphatic carbocycles. The van der Waals surface area contributed by atoms with Crippen LogP contribution in [0.1, 0.15) is 27.2 Å². The molecule has 0 saturated carbocycles. The first-order valence-electron chi connectivity index (χ1n) is 5.89. The quantitative estimate of drug-likeness (QED) is 0.365. The molecule has 120 valence electrons. The van der Waals surface area contributed by atoms with Gasteiger partial charge in [-0.2, -0.15) is 0 Å². The zero-order chi connectivity index (χ0) is 16.9. The van der Waals surface area contributed by atoms with E-state index in [-0.39, 0.29) is 12.5 Å². The predicted octanol–water partition coefficient (Wildman–Crippen LogP) is -1.11. The van der Waals surface area contributed by atoms with Crippen molar-refractivity contribution in [2.45, 2.75) is 39.3 Å². The van der Waals surface area contributed by atoms with Crippen LogP contribution in [0.4, 0.5) is 0 Å². The highest BCUT2D eigenvalue weighted by Crippen LogP contribution is 2.04. The minimum atomic E-state index is -0.968. The molecule has 0 radical (unpaired) electrons. The van der Waals surface area contributed by atoms with Crippen molar-refractivity contribution in [1.29, 1.82) is 0 Å². The molecule has 0 aliphatic heterocycles. The SMILES string of the molecule is CC(N)C(=O)O.CCC(C)C(N)C(=O)O.NCC(=O)O. The van der Waals surface area contributed by atoms with E-state index >= 15 is 0 Å². The van der Waals surface area contributed by atoms with E-state index in [0.717, 1.165) is 6.42 Å². The summed E-state index contributed by atoms with van der Waals surface area (Å²) in [6.07, 6.45) is 0.813. The van der Waals surface area contributed by atoms with Gasteiger partial charge in [-0.3, -0.25) is 14.4 Å². The Hall–Kier alpha value is -1.71. The molecule has 3 atom stereocenters. The van der Waals surface area contributed by atoms with Crippen LogP contribution in [0.15, 0.2) is 0 Å². The first-order chi connectivity index (χ1) is 9.00. The molecule has 0 aromatic heterocycles. The van der Waals surface area contributed by atoms with Crippen LogP contribution >= 0.6 is 0 Å². The van der Waals surface area contributed by atoms with Crippen LogP contribution in [-0.2, 0) is 14.4 Å². The van der Waals surface area contributed by atoms with Gasteiger partial charge < -0.3 is 32.5 Å². The molecule has 9 heteroatoms. The zero-order valence-corrected chi connectivity index (χ0v) is 11.9. The second-order valence-electron chi connectivity index (χ2n) is 3.97. The fourth-order valence-corrected chi connectivity index (χ4v) is 0.497. The molecule has 3 unspecified atom stereocenters. The molecular weight excluding hydrogens is 270 g/mol. The highest BCUT2D eigenvalue weighted by molar-refractivity contribution is 5.73. The molecule has 0 saturated heterocycles. The molecule has 0 heterocycles. The Morgan fingerprint density at radius 2 is 1.30 bits per heavy atom. The van der Waals surface area contributed by atoms with Crippen molar-refractivity contribution in [3.63, 3.8) is 0 Å². The number of aliphatic carboxylic acids is 3. The maximum Gasteiger partial charge on any atom is 0.320 e. The number of hydrogen-bond donors (Lipinski definition) is 6. The third-order valence-electron chi connectivity index (χ3n) is 2.11. The first kappa shape index (κ1) is 23.4. The van der Waals surface area contributed by atoms with Gasteiger partial charge in [0.25, 0.3) is 0 Å². The summed E-state index contributed by atoms with van der Waals surface area (Å²) >= 11 is 0. The fraction of sp³-hybridized carbons (Fsp3) is 0.727. The van der Waals surface area contributed by atoms with Crippen LogP contribution in [0.5, 0.6) is 0 Å². The smallest absolute Gasteiger partial charge is 0.320 e. The Morgan fingerprint density at radius 3 is 1.35 bits per heavy atom. The molecule has 0 spiro atoms. The summed E-state index contributed by atoms with van der Waals surface area (Å²) < 4.78 is 0. The maximum atomic E-state index is 10.2. The molecule has 0 bridgehead atoms. The average Bonchev–Trinajstić information content (AvgIpc) is 2.37. The Balaban J connectivity index is -0.000000230. The largest absolute Gasteiger partial charge is 0.480 e. The van der Waals surface area contributed by atoms with Gasteiger partial charge in [0, 0.05) is 0 Å². The van der Waals surface area contributed by atoms with Crippen LogP contribution in [0.25, 0.3) is 0 Å². The second kappa shape index (κ2) is 13.7. The van der Waals surface area contributed by atoms with Crippen LogP contribution in [0.3, 0.4) is 0 Å². The molecule has 0 fully saturated rings. The lowest BCUT2D eigenvalue weighted by Crippen LogP contribution is -2.36. The normalized spacial score (nSPS) is 13.5. The molecule has 9 N–H and O–H groups in total. The highest BCUT2D eigenvalue weighted by Gasteiger charge is 2.17. The van der Waals surface area contributed by atoms with Gasteiger partial charge in [0.15, 0.2) is 0 Å². The van der Waals surface area contributed by atoms with Crippen molar-refractivity contribution in [3.8, 4) is 0 Å². The predicted molar refractivity (Wildman–Crippen MR) is 73.0 cm³/mol. The average molecular weight is 295 g/mol. The van der Waals surface area contributed by atoms with E-state index < -0.39 is 30.0 Å². The van der Waals surface area contributed by atoms with Crippen LogP contribution in [0, 0.1) is 5.92 Å². The lowest BCUT2D eigenvalue weighted by molar-refractivity contribution is -0.140. The minimum Gasteiger partial charge on any atom is -0.480 e. The number of hydrogen-bond acceptors (Lipinski definition) is 6. The third kappa shape index (κ3) is 18.6. The monoisotopic (exact) mass is 295 g/mol. The first-order valence-corrected chi connectivity index (χ1v) is 5.89. The summed E-state index contributed by atoms with van der Waals surface area (Å²) in [4.78, 5) is 29.0. The van der Waals surface area contributed by atoms with Crippen molar-refractivity contribution in [3.05, 3.63) is 0 Å². The third-order valence-corrected chi connectivity index (χ3v) is 2.11. The number of nitrogens with two attached hydrogens (primary N) is 3. The maximum absolute atomic E-state index is 10.2. The van der Waals surface area contributed by atoms with Crippen molar-refractivity contribution < 1.29 is 29.7 Å². The number of carboxylic acid groups (broad SMARTS) is 3. The number of rotatable bonds is 5. The van der Waals surface area contributed by atoms with Crippen molar-refractivity contribution in [1.82, 2.24) is 0 Å². The van der Waals surface area contributed by atoms with Gasteiger partial charge in [-0.05, 0) is 12.8 Å². The lowest BCUT2D eigenvalue weighted by Gasteiger charge is -2.11. The Morgan fingerprint density at radius 1 is 1.00 bits per heavy atom. The summed E-state index contributed by atoms with van der Waals surface area (Å²) in [6, 6.07) is -1.43. The lowest BCUT2D eigenvalue weighted by atomic mass is 10.0. The Kier molecular flexibility index (Phi) is 16.0. The van der Waals surface area contributed by atoms with E-state index in [9.17, 15) is 14.4 Å². The topological polar surface area (TPSA) is 190 Å². The standard InChI is InChI=1S/C6H13NO2.C3H7NO2.C2H5NO2/c1-3-4(2)5(7)6(8)9;1-2(4)3(5)6;3-1-2(4)5/h4-5H,3,7H2,1-2H3,(H,8,9);2H,4H2,1H3,(H,5,6);1,3H2,(H,4,5). The molecule has 0 aromatic rings. The van der Waals surface area contributed by atoms with Gasteiger partial charge in [-0.1, -0.05) is 20.3 Å². The molecule has 20 heavy (non-hydrogen) atoms. The zero-order valence-electron chi connectivity index (χ0n) is 11.9. The minimum absolute atomic E-state index is 0.0718. The molecular formula is C11H25N3O6. The van der Waals surface area contributed by atoms with Gasteiger partial charge in [-0.15, -0.1) is 0 Å². The van der Waals surface area contributed by atoms with Crippen molar-refractivity contribution in [2.75, 3.05) is 6.54 Å². The van der Waals surface area contributed by atoms with Crippen molar-refractivity contribution >= 4 is 17.9 Å². The van der Waals surface area contributed by atoms with E-state index in [0.29, 0.717) is 0 Å². The summed E-state index contributed by atoms with van der Waals surface area (Å²) in [5.41, 5.74) is 14.7. The number of carboxylic acids is 3. The number of carbonyl (C=O) groups is 3. The summed E-state index contributed by atoms with van der Waals surface area (Å²) in [7, 11) is 0. The van der Waals surface area contributed by atoms with E-state index in [1.165, 1.54) is 6.92 Å². The van der Waals surface area contributed by atoms with E-state index in [1.807, 2.05) is 13.8 Å². The molecule has 0 amide bonds. The Bertz CT molecular complexity index is 296. The summed E-state index contributed by atoms with van der Waals surface area (Å²) in [5, 5.41) is 23.8. The fourth-order valence-electron chi connectivity index (χ4n) is 0.497. The molecule has 0 rings (SSSR count). The highest BCUT2D eigenvalue weighted by atomic mass is 16.4. The van der Waals surface area contributed by atoms with Gasteiger partial charge >= 0.3 is 17.9 Å². The summed E-state index contributed by atoms with van der Waals surface area (Å²) in [5.74, 6) is -2.77. The summed E-state index contributed by atoms with van der Waals surface area (Å²) in [6.45, 7) is 4.90.